The van der Waals surface area contributed by atoms with Gasteiger partial charge >= 0.3 is 6.01 Å². The average molecular weight is 662 g/mol. The van der Waals surface area contributed by atoms with Crippen molar-refractivity contribution in [3.63, 3.8) is 0 Å². The molecule has 2 atom stereocenters. The van der Waals surface area contributed by atoms with Crippen molar-refractivity contribution in [2.24, 2.45) is 5.92 Å². The molecule has 4 aliphatic rings. The van der Waals surface area contributed by atoms with E-state index in [1.54, 1.807) is 0 Å². The second kappa shape index (κ2) is 11.1. The fraction of sp³-hybridized carbons (Fsp3) is 0.455. The highest BCUT2D eigenvalue weighted by atomic mass is 35.5. The van der Waals surface area contributed by atoms with Crippen LogP contribution < -0.4 is 20.1 Å². The minimum Gasteiger partial charge on any atom is -0.489 e. The summed E-state index contributed by atoms with van der Waals surface area (Å²) in [4.78, 5) is 14.1. The van der Waals surface area contributed by atoms with Crippen LogP contribution in [0.1, 0.15) is 50.5 Å². The Balaban J connectivity index is 1.35. The molecule has 3 saturated heterocycles. The van der Waals surface area contributed by atoms with E-state index in [2.05, 4.69) is 26.9 Å². The Morgan fingerprint density at radius 1 is 1.15 bits per heavy atom. The number of nitrogens with two attached hydrogens (primary N) is 1. The van der Waals surface area contributed by atoms with Crippen LogP contribution in [0.2, 0.25) is 5.02 Å². The normalized spacial score (nSPS) is 21.8. The second-order valence-electron chi connectivity index (χ2n) is 12.8. The summed E-state index contributed by atoms with van der Waals surface area (Å²) in [7, 11) is 0. The van der Waals surface area contributed by atoms with Crippen molar-refractivity contribution >= 4 is 54.7 Å². The molecule has 236 valence electrons. The van der Waals surface area contributed by atoms with Crippen molar-refractivity contribution in [2.75, 3.05) is 43.5 Å². The smallest absolute Gasteiger partial charge is 0.319 e. The Labute approximate surface area is 273 Å². The first-order valence-electron chi connectivity index (χ1n) is 15.6. The third kappa shape index (κ3) is 4.38. The largest absolute Gasteiger partial charge is 0.489 e. The number of piperidine rings is 1. The van der Waals surface area contributed by atoms with Gasteiger partial charge in [-0.05, 0) is 69.2 Å². The van der Waals surface area contributed by atoms with Gasteiger partial charge in [0, 0.05) is 23.9 Å². The number of nitrogen functional groups attached to an aromatic ring is 1. The predicted molar refractivity (Wildman–Crippen MR) is 172 cm³/mol. The van der Waals surface area contributed by atoms with Gasteiger partial charge in [-0.25, -0.2) is 8.78 Å². The topological polar surface area (TPSA) is 124 Å². The van der Waals surface area contributed by atoms with Gasteiger partial charge in [0.25, 0.3) is 0 Å². The van der Waals surface area contributed by atoms with E-state index in [1.807, 2.05) is 0 Å². The highest BCUT2D eigenvalue weighted by Crippen LogP contribution is 2.52. The Kier molecular flexibility index (Phi) is 7.09. The minimum atomic E-state index is -0.757. The molecule has 0 saturated carbocycles. The Bertz CT molecular complexity index is 2000. The number of hydrogen-bond acceptors (Lipinski definition) is 10. The summed E-state index contributed by atoms with van der Waals surface area (Å²) in [5.74, 6) is -0.534. The lowest BCUT2D eigenvalue weighted by molar-refractivity contribution is 0.108. The lowest BCUT2D eigenvalue weighted by atomic mass is 9.91. The van der Waals surface area contributed by atoms with Crippen LogP contribution in [0.15, 0.2) is 12.1 Å². The summed E-state index contributed by atoms with van der Waals surface area (Å²) in [5, 5.41) is 20.0. The number of benzene rings is 2. The van der Waals surface area contributed by atoms with Crippen molar-refractivity contribution in [3.05, 3.63) is 34.4 Å². The molecule has 0 spiro atoms. The summed E-state index contributed by atoms with van der Waals surface area (Å²) in [5.41, 5.74) is 6.20. The van der Waals surface area contributed by atoms with Crippen LogP contribution in [0.25, 0.3) is 32.1 Å². The molecular weight excluding hydrogens is 632 g/mol. The molecule has 0 radical (unpaired) electrons. The Hall–Kier alpha value is -3.97. The molecule has 0 amide bonds. The number of thiophene rings is 1. The van der Waals surface area contributed by atoms with E-state index in [0.29, 0.717) is 30.8 Å². The van der Waals surface area contributed by atoms with Crippen LogP contribution in [0.5, 0.6) is 11.8 Å². The number of rotatable bonds is 5. The number of halogens is 3. The number of nitriles is 2. The maximum absolute atomic E-state index is 17.1. The molecule has 2 unspecified atom stereocenters. The molecule has 0 aliphatic carbocycles. The number of nitrogens with zero attached hydrogens (tertiary/aromatic N) is 6. The molecule has 2 aromatic heterocycles. The van der Waals surface area contributed by atoms with Crippen LogP contribution in [0, 0.1) is 40.2 Å². The van der Waals surface area contributed by atoms with E-state index >= 15 is 4.39 Å². The maximum atomic E-state index is 17.1. The van der Waals surface area contributed by atoms with Crippen LogP contribution >= 0.6 is 22.9 Å². The van der Waals surface area contributed by atoms with Gasteiger partial charge in [-0.2, -0.15) is 20.5 Å². The maximum Gasteiger partial charge on any atom is 0.319 e. The van der Waals surface area contributed by atoms with Crippen molar-refractivity contribution in [1.29, 1.82) is 10.5 Å². The second-order valence-corrected chi connectivity index (χ2v) is 14.2. The average Bonchev–Trinajstić information content (AvgIpc) is 3.70. The molecule has 2 N–H and O–H groups in total. The molecule has 9 nitrogen and oxygen atoms in total. The minimum absolute atomic E-state index is 0.0232. The summed E-state index contributed by atoms with van der Waals surface area (Å²) < 4.78 is 45.0. The standard InChI is InChI=1S/C33H30ClF2N7O2S/c34-25-23(19-5-6-21(35)29-22(19)20(13-38)30(39)46-29)26(36)27-24-28(25)44-15-18-4-3-17(7-10-37)14-43(18)31(24)41-32(40-27)45-16-33-8-1-11-42(33)12-2-9-33/h5-6,17-18H,1-4,7-9,11-12,14-16,39H2. The van der Waals surface area contributed by atoms with E-state index in [0.717, 1.165) is 63.0 Å². The number of ether oxygens (including phenoxy) is 2. The quantitative estimate of drug-likeness (QED) is 0.246. The first-order valence-corrected chi connectivity index (χ1v) is 16.8. The molecule has 4 aliphatic heterocycles. The van der Waals surface area contributed by atoms with Crippen LogP contribution in [-0.4, -0.2) is 59.3 Å². The van der Waals surface area contributed by atoms with Crippen LogP contribution in [0.3, 0.4) is 0 Å². The summed E-state index contributed by atoms with van der Waals surface area (Å²) >= 11 is 7.98. The monoisotopic (exact) mass is 661 g/mol. The van der Waals surface area contributed by atoms with Crippen molar-refractivity contribution in [1.82, 2.24) is 14.9 Å². The molecule has 46 heavy (non-hydrogen) atoms. The van der Waals surface area contributed by atoms with Gasteiger partial charge in [-0.3, -0.25) is 4.90 Å². The molecule has 8 rings (SSSR count). The van der Waals surface area contributed by atoms with E-state index in [-0.39, 0.29) is 78.2 Å². The molecule has 13 heteroatoms. The SMILES string of the molecule is N#CCC1CCC2COc3c(Cl)c(-c4ccc(F)c5sc(N)c(C#N)c45)c(F)c4nc(OCC56CCCN5CCC6)nc(c34)N2C1. The van der Waals surface area contributed by atoms with E-state index in [1.165, 1.54) is 12.1 Å². The van der Waals surface area contributed by atoms with E-state index in [9.17, 15) is 14.9 Å². The molecular formula is C33H30ClF2N7O2S. The number of hydrogen-bond donors (Lipinski definition) is 1. The summed E-state index contributed by atoms with van der Waals surface area (Å²) in [6.07, 6.45) is 6.25. The molecule has 3 fully saturated rings. The summed E-state index contributed by atoms with van der Waals surface area (Å²) in [6, 6.07) is 6.94. The van der Waals surface area contributed by atoms with Crippen molar-refractivity contribution in [3.8, 4) is 35.0 Å². The lowest BCUT2D eigenvalue weighted by Crippen LogP contribution is -2.46. The van der Waals surface area contributed by atoms with Gasteiger partial charge in [0.05, 0.1) is 38.3 Å². The first-order chi connectivity index (χ1) is 22.3. The highest BCUT2D eigenvalue weighted by molar-refractivity contribution is 7.23. The van der Waals surface area contributed by atoms with E-state index < -0.39 is 11.6 Å². The van der Waals surface area contributed by atoms with Crippen LogP contribution in [0.4, 0.5) is 19.6 Å². The van der Waals surface area contributed by atoms with Gasteiger partial charge in [0.1, 0.15) is 41.4 Å². The molecule has 6 heterocycles. The van der Waals surface area contributed by atoms with E-state index in [4.69, 9.17) is 31.8 Å². The molecule has 2 aromatic carbocycles. The van der Waals surface area contributed by atoms with Gasteiger partial charge in [-0.1, -0.05) is 17.7 Å². The third-order valence-electron chi connectivity index (χ3n) is 10.3. The first kappa shape index (κ1) is 29.4. The predicted octanol–water partition coefficient (Wildman–Crippen LogP) is 6.80. The zero-order chi connectivity index (χ0) is 31.7. The zero-order valence-corrected chi connectivity index (χ0v) is 26.5. The Morgan fingerprint density at radius 2 is 1.96 bits per heavy atom. The third-order valence-corrected chi connectivity index (χ3v) is 11.7. The fourth-order valence-electron chi connectivity index (χ4n) is 8.06. The summed E-state index contributed by atoms with van der Waals surface area (Å²) in [6.45, 7) is 3.26. The number of aromatic nitrogens is 2. The van der Waals surface area contributed by atoms with Crippen molar-refractivity contribution < 1.29 is 18.3 Å². The zero-order valence-electron chi connectivity index (χ0n) is 24.9. The highest BCUT2D eigenvalue weighted by Gasteiger charge is 2.45. The van der Waals surface area contributed by atoms with Crippen LogP contribution in [-0.2, 0) is 0 Å². The molecule has 4 aromatic rings. The molecule has 0 bridgehead atoms. The van der Waals surface area contributed by atoms with Gasteiger partial charge < -0.3 is 20.1 Å². The van der Waals surface area contributed by atoms with Gasteiger partial charge in [0.15, 0.2) is 11.6 Å². The number of fused-ring (bicyclic) bond motifs is 4. The van der Waals surface area contributed by atoms with Gasteiger partial charge in [-0.15, -0.1) is 11.3 Å². The number of anilines is 2. The lowest BCUT2D eigenvalue weighted by Gasteiger charge is -2.38. The fourth-order valence-corrected chi connectivity index (χ4v) is 9.34. The van der Waals surface area contributed by atoms with Crippen molar-refractivity contribution in [2.45, 2.75) is 56.5 Å². The Morgan fingerprint density at radius 3 is 2.72 bits per heavy atom. The van der Waals surface area contributed by atoms with Gasteiger partial charge in [0.2, 0.25) is 0 Å².